The molecule has 0 unspecified atom stereocenters. The molecule has 1 rings (SSSR count). The molecular weight excluding hydrogens is 180 g/mol. The van der Waals surface area contributed by atoms with Crippen LogP contribution < -0.4 is 0 Å². The fourth-order valence-electron chi connectivity index (χ4n) is 1.01. The predicted molar refractivity (Wildman–Crippen MR) is 52.7 cm³/mol. The number of aromatic nitrogens is 2. The number of nitrogens with zero attached hydrogens (tertiary/aromatic N) is 2. The molecule has 0 bridgehead atoms. The number of rotatable bonds is 4. The van der Waals surface area contributed by atoms with Crippen molar-refractivity contribution in [3.8, 4) is 0 Å². The smallest absolute Gasteiger partial charge is 0.328 e. The number of aryl methyl sites for hydroxylation is 1. The van der Waals surface area contributed by atoms with Crippen LogP contribution in [0.5, 0.6) is 0 Å². The molecule has 0 saturated heterocycles. The molecule has 0 atom stereocenters. The van der Waals surface area contributed by atoms with Crippen LogP contribution in [0, 0.1) is 0 Å². The van der Waals surface area contributed by atoms with Crippen LogP contribution in [0.25, 0.3) is 6.08 Å². The highest BCUT2D eigenvalue weighted by Gasteiger charge is 1.94. The van der Waals surface area contributed by atoms with Crippen LogP contribution in [-0.4, -0.2) is 21.0 Å². The lowest BCUT2D eigenvalue weighted by Crippen LogP contribution is -1.92. The van der Waals surface area contributed by atoms with Crippen LogP contribution in [0.3, 0.4) is 0 Å². The van der Waals surface area contributed by atoms with Gasteiger partial charge >= 0.3 is 5.97 Å². The van der Waals surface area contributed by atoms with Crippen LogP contribution in [0.1, 0.15) is 24.7 Å². The summed E-state index contributed by atoms with van der Waals surface area (Å²) < 4.78 is 0. The van der Waals surface area contributed by atoms with Gasteiger partial charge < -0.3 is 5.11 Å². The maximum Gasteiger partial charge on any atom is 0.328 e. The molecule has 0 amide bonds. The van der Waals surface area contributed by atoms with Crippen molar-refractivity contribution in [1.82, 2.24) is 9.97 Å². The maximum atomic E-state index is 10.2. The van der Waals surface area contributed by atoms with Crippen LogP contribution in [0.4, 0.5) is 0 Å². The van der Waals surface area contributed by atoms with Crippen molar-refractivity contribution in [3.05, 3.63) is 29.9 Å². The second-order valence-corrected chi connectivity index (χ2v) is 2.87. The third kappa shape index (κ3) is 3.35. The molecule has 4 nitrogen and oxygen atoms in total. The number of hydrogen-bond donors (Lipinski definition) is 1. The maximum absolute atomic E-state index is 10.2. The summed E-state index contributed by atoms with van der Waals surface area (Å²) in [6, 6.07) is 0. The van der Waals surface area contributed by atoms with E-state index in [4.69, 9.17) is 5.11 Å². The van der Waals surface area contributed by atoms with Gasteiger partial charge in [0.25, 0.3) is 0 Å². The Morgan fingerprint density at radius 2 is 2.14 bits per heavy atom. The fraction of sp³-hybridized carbons (Fsp3) is 0.300. The zero-order valence-electron chi connectivity index (χ0n) is 7.97. The second-order valence-electron chi connectivity index (χ2n) is 2.87. The van der Waals surface area contributed by atoms with Crippen molar-refractivity contribution in [1.29, 1.82) is 0 Å². The molecule has 0 aliphatic carbocycles. The average Bonchev–Trinajstić information content (AvgIpc) is 2.17. The minimum Gasteiger partial charge on any atom is -0.478 e. The van der Waals surface area contributed by atoms with E-state index in [2.05, 4.69) is 16.9 Å². The molecule has 0 radical (unpaired) electrons. The quantitative estimate of drug-likeness (QED) is 0.735. The molecule has 0 aromatic carbocycles. The number of hydrogen-bond acceptors (Lipinski definition) is 3. The molecule has 1 aromatic heterocycles. The average molecular weight is 192 g/mol. The summed E-state index contributed by atoms with van der Waals surface area (Å²) in [5.41, 5.74) is 1.07. The number of aliphatic carboxylic acids is 1. The molecule has 4 heteroatoms. The molecule has 1 heterocycles. The Morgan fingerprint density at radius 3 is 2.64 bits per heavy atom. The van der Waals surface area contributed by atoms with Gasteiger partial charge in [0.05, 0.1) is 0 Å². The SMILES string of the molecule is CCCc1cnc(C=CC(=O)O)nc1. The molecule has 0 saturated carbocycles. The topological polar surface area (TPSA) is 63.1 Å². The number of carboxylic acids is 1. The van der Waals surface area contributed by atoms with Gasteiger partial charge in [0.15, 0.2) is 5.82 Å². The lowest BCUT2D eigenvalue weighted by Gasteiger charge is -1.96. The van der Waals surface area contributed by atoms with E-state index in [9.17, 15) is 4.79 Å². The van der Waals surface area contributed by atoms with Gasteiger partial charge in [-0.15, -0.1) is 0 Å². The first-order valence-corrected chi connectivity index (χ1v) is 4.44. The minimum atomic E-state index is -0.994. The Bertz CT molecular complexity index is 330. The zero-order valence-corrected chi connectivity index (χ0v) is 7.97. The molecule has 0 aliphatic rings. The van der Waals surface area contributed by atoms with Crippen molar-refractivity contribution < 1.29 is 9.90 Å². The van der Waals surface area contributed by atoms with Crippen molar-refractivity contribution >= 4 is 12.0 Å². The van der Waals surface area contributed by atoms with Gasteiger partial charge in [0.1, 0.15) is 0 Å². The normalized spacial score (nSPS) is 10.6. The highest BCUT2D eigenvalue weighted by molar-refractivity contribution is 5.84. The van der Waals surface area contributed by atoms with E-state index in [1.807, 2.05) is 0 Å². The van der Waals surface area contributed by atoms with Crippen molar-refractivity contribution in [2.75, 3.05) is 0 Å². The van der Waals surface area contributed by atoms with E-state index in [0.717, 1.165) is 24.5 Å². The van der Waals surface area contributed by atoms with E-state index < -0.39 is 5.97 Å². The molecule has 0 aliphatic heterocycles. The lowest BCUT2D eigenvalue weighted by atomic mass is 10.2. The summed E-state index contributed by atoms with van der Waals surface area (Å²) >= 11 is 0. The van der Waals surface area contributed by atoms with Gasteiger partial charge in [-0.05, 0) is 18.1 Å². The van der Waals surface area contributed by atoms with E-state index in [-0.39, 0.29) is 0 Å². The van der Waals surface area contributed by atoms with Crippen molar-refractivity contribution in [3.63, 3.8) is 0 Å². The number of carbonyl (C=O) groups is 1. The van der Waals surface area contributed by atoms with Crippen LogP contribution in [0.2, 0.25) is 0 Å². The van der Waals surface area contributed by atoms with Gasteiger partial charge in [0.2, 0.25) is 0 Å². The summed E-state index contributed by atoms with van der Waals surface area (Å²) in [6.45, 7) is 2.08. The molecule has 14 heavy (non-hydrogen) atoms. The molecule has 0 spiro atoms. The Balaban J connectivity index is 2.68. The Kier molecular flexibility index (Phi) is 3.79. The highest BCUT2D eigenvalue weighted by atomic mass is 16.4. The van der Waals surface area contributed by atoms with Crippen LogP contribution in [0.15, 0.2) is 18.5 Å². The lowest BCUT2D eigenvalue weighted by molar-refractivity contribution is -0.131. The zero-order chi connectivity index (χ0) is 10.4. The molecule has 74 valence electrons. The third-order valence-corrected chi connectivity index (χ3v) is 1.64. The molecule has 0 fully saturated rings. The molecule has 1 aromatic rings. The van der Waals surface area contributed by atoms with Crippen molar-refractivity contribution in [2.45, 2.75) is 19.8 Å². The van der Waals surface area contributed by atoms with E-state index in [1.54, 1.807) is 12.4 Å². The fourth-order valence-corrected chi connectivity index (χ4v) is 1.01. The summed E-state index contributed by atoms with van der Waals surface area (Å²) in [4.78, 5) is 18.2. The second kappa shape index (κ2) is 5.11. The van der Waals surface area contributed by atoms with Gasteiger partial charge in [-0.2, -0.15) is 0 Å². The standard InChI is InChI=1S/C10H12N2O2/c1-2-3-8-6-11-9(12-7-8)4-5-10(13)14/h4-7H,2-3H2,1H3,(H,13,14). The Morgan fingerprint density at radius 1 is 1.50 bits per heavy atom. The molecule has 1 N–H and O–H groups in total. The first-order valence-electron chi connectivity index (χ1n) is 4.44. The van der Waals surface area contributed by atoms with Gasteiger partial charge in [-0.1, -0.05) is 13.3 Å². The van der Waals surface area contributed by atoms with E-state index in [1.165, 1.54) is 6.08 Å². The van der Waals surface area contributed by atoms with Crippen molar-refractivity contribution in [2.24, 2.45) is 0 Å². The summed E-state index contributed by atoms with van der Waals surface area (Å²) in [5.74, 6) is -0.571. The Hall–Kier alpha value is -1.71. The highest BCUT2D eigenvalue weighted by Crippen LogP contribution is 2.00. The first-order chi connectivity index (χ1) is 6.72. The van der Waals surface area contributed by atoms with Gasteiger partial charge in [-0.25, -0.2) is 14.8 Å². The Labute approximate surface area is 82.3 Å². The first kappa shape index (κ1) is 10.4. The van der Waals surface area contributed by atoms with E-state index >= 15 is 0 Å². The third-order valence-electron chi connectivity index (χ3n) is 1.64. The van der Waals surface area contributed by atoms with Gasteiger partial charge in [-0.3, -0.25) is 0 Å². The minimum absolute atomic E-state index is 0.423. The summed E-state index contributed by atoms with van der Waals surface area (Å²) in [7, 11) is 0. The largest absolute Gasteiger partial charge is 0.478 e. The summed E-state index contributed by atoms with van der Waals surface area (Å²) in [6.07, 6.45) is 7.83. The number of carboxylic acid groups (broad SMARTS) is 1. The monoisotopic (exact) mass is 192 g/mol. The predicted octanol–water partition coefficient (Wildman–Crippen LogP) is 1.53. The van der Waals surface area contributed by atoms with Crippen LogP contribution >= 0.6 is 0 Å². The van der Waals surface area contributed by atoms with Crippen LogP contribution in [-0.2, 0) is 11.2 Å². The van der Waals surface area contributed by atoms with Gasteiger partial charge in [0, 0.05) is 18.5 Å². The van der Waals surface area contributed by atoms with E-state index in [0.29, 0.717) is 5.82 Å². The molecular formula is C10H12N2O2. The summed E-state index contributed by atoms with van der Waals surface area (Å²) in [5, 5.41) is 8.37.